The van der Waals surface area contributed by atoms with Crippen LogP contribution in [0.4, 0.5) is 5.69 Å². The van der Waals surface area contributed by atoms with Crippen LogP contribution in [0.5, 0.6) is 17.2 Å². The third-order valence-corrected chi connectivity index (χ3v) is 7.51. The SMILES string of the molecule is COc1ccc([C@@H](c2nnnn2C2CCCCC2)N2CCN(c3ccccc3OC)CC2)cc1OC. The van der Waals surface area contributed by atoms with Crippen LogP contribution in [-0.2, 0) is 0 Å². The molecule has 36 heavy (non-hydrogen) atoms. The summed E-state index contributed by atoms with van der Waals surface area (Å²) in [5.74, 6) is 3.24. The second kappa shape index (κ2) is 11.2. The zero-order chi connectivity index (χ0) is 24.9. The summed E-state index contributed by atoms with van der Waals surface area (Å²) >= 11 is 0. The van der Waals surface area contributed by atoms with Gasteiger partial charge in [-0.1, -0.05) is 37.5 Å². The van der Waals surface area contributed by atoms with Crippen molar-refractivity contribution in [3.63, 3.8) is 0 Å². The van der Waals surface area contributed by atoms with Gasteiger partial charge in [0.15, 0.2) is 17.3 Å². The zero-order valence-electron chi connectivity index (χ0n) is 21.5. The molecule has 9 heteroatoms. The Kier molecular flexibility index (Phi) is 7.55. The maximum Gasteiger partial charge on any atom is 0.173 e. The number of para-hydroxylation sites is 2. The number of hydrogen-bond donors (Lipinski definition) is 0. The van der Waals surface area contributed by atoms with E-state index in [1.54, 1.807) is 21.3 Å². The first kappa shape index (κ1) is 24.4. The van der Waals surface area contributed by atoms with E-state index < -0.39 is 0 Å². The maximum atomic E-state index is 5.65. The lowest BCUT2D eigenvalue weighted by molar-refractivity contribution is 0.193. The minimum absolute atomic E-state index is 0.0819. The van der Waals surface area contributed by atoms with Crippen molar-refractivity contribution in [3.8, 4) is 17.2 Å². The highest BCUT2D eigenvalue weighted by Crippen LogP contribution is 2.38. The summed E-state index contributed by atoms with van der Waals surface area (Å²) in [6.45, 7) is 3.51. The molecule has 0 amide bonds. The van der Waals surface area contributed by atoms with Crippen LogP contribution in [0.15, 0.2) is 42.5 Å². The molecule has 3 aromatic rings. The molecule has 9 nitrogen and oxygen atoms in total. The molecule has 1 aromatic heterocycles. The number of hydrogen-bond acceptors (Lipinski definition) is 8. The summed E-state index contributed by atoms with van der Waals surface area (Å²) in [5.41, 5.74) is 2.24. The molecule has 2 heterocycles. The van der Waals surface area contributed by atoms with Gasteiger partial charge in [-0.15, -0.1) is 5.10 Å². The molecule has 2 aromatic carbocycles. The van der Waals surface area contributed by atoms with E-state index in [0.717, 1.165) is 61.8 Å². The summed E-state index contributed by atoms with van der Waals surface area (Å²) in [6, 6.07) is 14.6. The third kappa shape index (κ3) is 4.84. The molecule has 2 fully saturated rings. The predicted molar refractivity (Wildman–Crippen MR) is 138 cm³/mol. The molecule has 1 atom stereocenters. The molecule has 5 rings (SSSR count). The Hall–Kier alpha value is -3.33. The van der Waals surface area contributed by atoms with Crippen molar-refractivity contribution in [1.82, 2.24) is 25.1 Å². The van der Waals surface area contributed by atoms with E-state index in [0.29, 0.717) is 17.5 Å². The largest absolute Gasteiger partial charge is 0.495 e. The number of tetrazole rings is 1. The number of piperazine rings is 1. The van der Waals surface area contributed by atoms with Gasteiger partial charge in [0.1, 0.15) is 5.75 Å². The lowest BCUT2D eigenvalue weighted by Crippen LogP contribution is -2.48. The van der Waals surface area contributed by atoms with Gasteiger partial charge in [-0.25, -0.2) is 4.68 Å². The first-order chi connectivity index (χ1) is 17.7. The van der Waals surface area contributed by atoms with E-state index in [-0.39, 0.29) is 6.04 Å². The van der Waals surface area contributed by atoms with Crippen molar-refractivity contribution in [2.75, 3.05) is 52.4 Å². The van der Waals surface area contributed by atoms with Crippen molar-refractivity contribution in [2.45, 2.75) is 44.2 Å². The van der Waals surface area contributed by atoms with Crippen molar-refractivity contribution in [1.29, 1.82) is 0 Å². The predicted octanol–water partition coefficient (Wildman–Crippen LogP) is 4.12. The van der Waals surface area contributed by atoms with Crippen LogP contribution in [0.1, 0.15) is 55.6 Å². The molecule has 1 aliphatic heterocycles. The Morgan fingerprint density at radius 2 is 1.53 bits per heavy atom. The fraction of sp³-hybridized carbons (Fsp3) is 0.519. The second-order valence-corrected chi connectivity index (χ2v) is 9.49. The summed E-state index contributed by atoms with van der Waals surface area (Å²) in [4.78, 5) is 4.88. The fourth-order valence-electron chi connectivity index (χ4n) is 5.62. The van der Waals surface area contributed by atoms with E-state index in [2.05, 4.69) is 54.3 Å². The molecule has 1 saturated heterocycles. The smallest absolute Gasteiger partial charge is 0.173 e. The Morgan fingerprint density at radius 1 is 0.806 bits per heavy atom. The Labute approximate surface area is 212 Å². The van der Waals surface area contributed by atoms with E-state index in [1.165, 1.54) is 19.3 Å². The quantitative estimate of drug-likeness (QED) is 0.465. The van der Waals surface area contributed by atoms with Gasteiger partial charge in [-0.2, -0.15) is 0 Å². The average molecular weight is 493 g/mol. The monoisotopic (exact) mass is 492 g/mol. The summed E-state index contributed by atoms with van der Waals surface area (Å²) in [5, 5.41) is 13.2. The van der Waals surface area contributed by atoms with E-state index in [9.17, 15) is 0 Å². The first-order valence-electron chi connectivity index (χ1n) is 12.8. The molecule has 1 saturated carbocycles. The topological polar surface area (TPSA) is 77.8 Å². The van der Waals surface area contributed by atoms with Crippen molar-refractivity contribution >= 4 is 5.69 Å². The van der Waals surface area contributed by atoms with E-state index in [4.69, 9.17) is 14.2 Å². The molecular formula is C27H36N6O3. The van der Waals surface area contributed by atoms with Crippen LogP contribution in [0, 0.1) is 0 Å². The Morgan fingerprint density at radius 3 is 2.25 bits per heavy atom. The minimum Gasteiger partial charge on any atom is -0.495 e. The van der Waals surface area contributed by atoms with E-state index >= 15 is 0 Å². The van der Waals surface area contributed by atoms with Gasteiger partial charge in [0, 0.05) is 26.2 Å². The Balaban J connectivity index is 1.47. The lowest BCUT2D eigenvalue weighted by atomic mass is 9.95. The molecule has 192 valence electrons. The maximum absolute atomic E-state index is 5.65. The van der Waals surface area contributed by atoms with Crippen molar-refractivity contribution < 1.29 is 14.2 Å². The number of ether oxygens (including phenoxy) is 3. The molecular weight excluding hydrogens is 456 g/mol. The summed E-state index contributed by atoms with van der Waals surface area (Å²) < 4.78 is 18.9. The molecule has 0 unspecified atom stereocenters. The molecule has 0 radical (unpaired) electrons. The van der Waals surface area contributed by atoms with E-state index in [1.807, 2.05) is 18.2 Å². The van der Waals surface area contributed by atoms with Crippen LogP contribution < -0.4 is 19.1 Å². The second-order valence-electron chi connectivity index (χ2n) is 9.49. The first-order valence-corrected chi connectivity index (χ1v) is 12.8. The number of anilines is 1. The number of methoxy groups -OCH3 is 3. The van der Waals surface area contributed by atoms with Crippen LogP contribution in [-0.4, -0.2) is 72.6 Å². The molecule has 0 spiro atoms. The summed E-state index contributed by atoms with van der Waals surface area (Å²) in [7, 11) is 5.07. The average Bonchev–Trinajstić information content (AvgIpc) is 3.43. The third-order valence-electron chi connectivity index (χ3n) is 7.51. The van der Waals surface area contributed by atoms with Crippen molar-refractivity contribution in [3.05, 3.63) is 53.9 Å². The number of benzene rings is 2. The van der Waals surface area contributed by atoms with Gasteiger partial charge in [-0.05, 0) is 53.1 Å². The van der Waals surface area contributed by atoms with Crippen LogP contribution in [0.3, 0.4) is 0 Å². The van der Waals surface area contributed by atoms with Gasteiger partial charge < -0.3 is 19.1 Å². The lowest BCUT2D eigenvalue weighted by Gasteiger charge is -2.40. The minimum atomic E-state index is -0.0819. The normalized spacial score (nSPS) is 18.1. The highest BCUT2D eigenvalue weighted by molar-refractivity contribution is 5.58. The highest BCUT2D eigenvalue weighted by atomic mass is 16.5. The summed E-state index contributed by atoms with van der Waals surface area (Å²) in [6.07, 6.45) is 5.99. The molecule has 0 N–H and O–H groups in total. The number of aromatic nitrogens is 4. The van der Waals surface area contributed by atoms with Crippen LogP contribution in [0.2, 0.25) is 0 Å². The molecule has 2 aliphatic rings. The van der Waals surface area contributed by atoms with Gasteiger partial charge in [-0.3, -0.25) is 4.90 Å². The Bertz CT molecular complexity index is 1140. The van der Waals surface area contributed by atoms with Gasteiger partial charge in [0.05, 0.1) is 39.1 Å². The number of rotatable bonds is 8. The van der Waals surface area contributed by atoms with Crippen molar-refractivity contribution in [2.24, 2.45) is 0 Å². The molecule has 1 aliphatic carbocycles. The fourth-order valence-corrected chi connectivity index (χ4v) is 5.62. The van der Waals surface area contributed by atoms with Crippen LogP contribution >= 0.6 is 0 Å². The van der Waals surface area contributed by atoms with Gasteiger partial charge in [0.25, 0.3) is 0 Å². The molecule has 0 bridgehead atoms. The van der Waals surface area contributed by atoms with Crippen LogP contribution in [0.25, 0.3) is 0 Å². The number of nitrogens with zero attached hydrogens (tertiary/aromatic N) is 6. The van der Waals surface area contributed by atoms with Gasteiger partial charge >= 0.3 is 0 Å². The zero-order valence-corrected chi connectivity index (χ0v) is 21.5. The van der Waals surface area contributed by atoms with Gasteiger partial charge in [0.2, 0.25) is 0 Å². The highest BCUT2D eigenvalue weighted by Gasteiger charge is 2.33. The standard InChI is InChI=1S/C27H36N6O3/c1-34-23-12-8-7-11-22(23)31-15-17-32(18-16-31)26(20-13-14-24(35-2)25(19-20)36-3)27-28-29-30-33(27)21-9-5-4-6-10-21/h7-8,11-14,19,21,26H,4-6,9-10,15-18H2,1-3H3/t26-/m0/s1.